The largest absolute Gasteiger partial charge is 0.447 e. The number of imide groups is 1. The maximum atomic E-state index is 13.2. The summed E-state index contributed by atoms with van der Waals surface area (Å²) in [4.78, 5) is 26.8. The molecule has 0 saturated carbocycles. The van der Waals surface area contributed by atoms with Crippen molar-refractivity contribution >= 4 is 12.0 Å². The summed E-state index contributed by atoms with van der Waals surface area (Å²) in [5, 5.41) is 0. The second kappa shape index (κ2) is 18.5. The van der Waals surface area contributed by atoms with E-state index in [1.165, 1.54) is 94.8 Å². The van der Waals surface area contributed by atoms with Gasteiger partial charge >= 0.3 is 6.09 Å². The molecule has 1 fully saturated rings. The van der Waals surface area contributed by atoms with Gasteiger partial charge in [-0.15, -0.1) is 0 Å². The molecular formula is C27H51NO3. The maximum Gasteiger partial charge on any atom is 0.416 e. The highest BCUT2D eigenvalue weighted by molar-refractivity contribution is 5.94. The average Bonchev–Trinajstić information content (AvgIpc) is 3.15. The maximum absolute atomic E-state index is 13.2. The molecule has 0 N–H and O–H groups in total. The molecule has 0 aromatic rings. The van der Waals surface area contributed by atoms with Gasteiger partial charge in [0.25, 0.3) is 0 Å². The van der Waals surface area contributed by atoms with Crippen LogP contribution in [0.3, 0.4) is 0 Å². The second-order valence-electron chi connectivity index (χ2n) is 9.57. The highest BCUT2D eigenvalue weighted by atomic mass is 16.6. The van der Waals surface area contributed by atoms with E-state index in [4.69, 9.17) is 4.74 Å². The van der Waals surface area contributed by atoms with Crippen LogP contribution in [0.25, 0.3) is 0 Å². The van der Waals surface area contributed by atoms with E-state index in [0.29, 0.717) is 6.61 Å². The topological polar surface area (TPSA) is 46.6 Å². The first-order valence-corrected chi connectivity index (χ1v) is 13.6. The van der Waals surface area contributed by atoms with Crippen LogP contribution in [-0.2, 0) is 9.53 Å². The highest BCUT2D eigenvalue weighted by Gasteiger charge is 2.39. The second-order valence-corrected chi connectivity index (χ2v) is 9.57. The molecule has 0 aliphatic carbocycles. The van der Waals surface area contributed by atoms with Crippen molar-refractivity contribution < 1.29 is 14.3 Å². The fraction of sp³-hybridized carbons (Fsp3) is 0.926. The number of amides is 2. The smallest absolute Gasteiger partial charge is 0.416 e. The van der Waals surface area contributed by atoms with Crippen LogP contribution in [0.1, 0.15) is 143 Å². The molecule has 31 heavy (non-hydrogen) atoms. The van der Waals surface area contributed by atoms with E-state index >= 15 is 0 Å². The van der Waals surface area contributed by atoms with E-state index < -0.39 is 6.09 Å². The highest BCUT2D eigenvalue weighted by Crippen LogP contribution is 2.25. The minimum atomic E-state index is -0.424. The van der Waals surface area contributed by atoms with Crippen molar-refractivity contribution in [2.24, 2.45) is 5.92 Å². The molecule has 0 aromatic carbocycles. The minimum Gasteiger partial charge on any atom is -0.447 e. The molecule has 0 radical (unpaired) electrons. The molecular weight excluding hydrogens is 386 g/mol. The number of carbonyl (C=O) groups is 2. The Labute approximate surface area is 192 Å². The molecule has 1 aliphatic heterocycles. The summed E-state index contributed by atoms with van der Waals surface area (Å²) in [6.07, 6.45) is 22.7. The lowest BCUT2D eigenvalue weighted by molar-refractivity contribution is -0.134. The number of carbonyl (C=O) groups excluding carboxylic acids is 2. The summed E-state index contributed by atoms with van der Waals surface area (Å²) in [7, 11) is 0. The predicted molar refractivity (Wildman–Crippen MR) is 130 cm³/mol. The van der Waals surface area contributed by atoms with Gasteiger partial charge in [-0.1, -0.05) is 124 Å². The van der Waals surface area contributed by atoms with Crippen molar-refractivity contribution in [3.8, 4) is 0 Å². The van der Waals surface area contributed by atoms with Gasteiger partial charge in [0.2, 0.25) is 5.91 Å². The summed E-state index contributed by atoms with van der Waals surface area (Å²) >= 11 is 0. The monoisotopic (exact) mass is 437 g/mol. The zero-order valence-corrected chi connectivity index (χ0v) is 21.0. The van der Waals surface area contributed by atoms with Crippen LogP contribution in [-0.4, -0.2) is 29.5 Å². The third-order valence-corrected chi connectivity index (χ3v) is 6.83. The molecule has 0 bridgehead atoms. The van der Waals surface area contributed by atoms with Crippen molar-refractivity contribution in [2.45, 2.75) is 149 Å². The van der Waals surface area contributed by atoms with Gasteiger partial charge in [0, 0.05) is 5.92 Å². The zero-order valence-electron chi connectivity index (χ0n) is 21.0. The Morgan fingerprint density at radius 1 is 0.774 bits per heavy atom. The number of cyclic esters (lactones) is 1. The third-order valence-electron chi connectivity index (χ3n) is 6.83. The number of ether oxygens (including phenoxy) is 1. The van der Waals surface area contributed by atoms with E-state index in [9.17, 15) is 9.59 Å². The summed E-state index contributed by atoms with van der Waals surface area (Å²) in [6, 6.07) is -0.0695. The van der Waals surface area contributed by atoms with Crippen molar-refractivity contribution in [3.05, 3.63) is 0 Å². The van der Waals surface area contributed by atoms with Crippen LogP contribution in [0.2, 0.25) is 0 Å². The molecule has 2 atom stereocenters. The van der Waals surface area contributed by atoms with Gasteiger partial charge in [0.15, 0.2) is 0 Å². The number of rotatable bonds is 20. The molecule has 4 heteroatoms. The van der Waals surface area contributed by atoms with Crippen LogP contribution in [0.15, 0.2) is 0 Å². The van der Waals surface area contributed by atoms with Gasteiger partial charge in [0.1, 0.15) is 6.61 Å². The van der Waals surface area contributed by atoms with Gasteiger partial charge in [-0.2, -0.15) is 0 Å². The fourth-order valence-electron chi connectivity index (χ4n) is 4.67. The average molecular weight is 438 g/mol. The normalized spacial score (nSPS) is 17.2. The molecule has 1 rings (SSSR count). The minimum absolute atomic E-state index is 0.0140. The van der Waals surface area contributed by atoms with Gasteiger partial charge in [0.05, 0.1) is 6.04 Å². The predicted octanol–water partition coefficient (Wildman–Crippen LogP) is 8.42. The van der Waals surface area contributed by atoms with E-state index in [1.807, 2.05) is 6.92 Å². The van der Waals surface area contributed by atoms with Gasteiger partial charge in [-0.05, 0) is 19.3 Å². The van der Waals surface area contributed by atoms with E-state index in [0.717, 1.165) is 32.1 Å². The Hall–Kier alpha value is -1.06. The molecule has 2 unspecified atom stereocenters. The number of hydrogen-bond acceptors (Lipinski definition) is 3. The number of hydrogen-bond donors (Lipinski definition) is 0. The standard InChI is InChI=1S/C27H51NO3/c1-4-7-9-11-12-13-14-15-16-18-20-22-24(21-19-17-10-8-5-2)26(29)28-25(6-3)23-31-27(28)30/h24-25H,4-23H2,1-3H3. The molecule has 2 amide bonds. The first-order valence-electron chi connectivity index (χ1n) is 13.6. The van der Waals surface area contributed by atoms with E-state index in [1.54, 1.807) is 0 Å². The Balaban J connectivity index is 2.32. The Morgan fingerprint density at radius 2 is 1.19 bits per heavy atom. The van der Waals surface area contributed by atoms with Crippen LogP contribution in [0, 0.1) is 5.92 Å². The van der Waals surface area contributed by atoms with Crippen molar-refractivity contribution in [1.29, 1.82) is 0 Å². The van der Waals surface area contributed by atoms with Crippen molar-refractivity contribution in [2.75, 3.05) is 6.61 Å². The molecule has 182 valence electrons. The molecule has 0 spiro atoms. The Bertz CT molecular complexity index is 465. The Kier molecular flexibility index (Phi) is 16.7. The van der Waals surface area contributed by atoms with Gasteiger partial charge < -0.3 is 4.74 Å². The SMILES string of the molecule is CCCCCCCCCCCCCC(CCCCCCC)C(=O)N1C(=O)OCC1CC. The number of unbranched alkanes of at least 4 members (excludes halogenated alkanes) is 14. The number of nitrogens with zero attached hydrogens (tertiary/aromatic N) is 1. The van der Waals surface area contributed by atoms with Gasteiger partial charge in [-0.25, -0.2) is 9.69 Å². The lowest BCUT2D eigenvalue weighted by Gasteiger charge is -2.24. The summed E-state index contributed by atoms with van der Waals surface area (Å²) in [5.41, 5.74) is 0. The van der Waals surface area contributed by atoms with Crippen LogP contribution in [0.5, 0.6) is 0 Å². The molecule has 1 heterocycles. The van der Waals surface area contributed by atoms with Gasteiger partial charge in [-0.3, -0.25) is 4.79 Å². The van der Waals surface area contributed by atoms with E-state index in [-0.39, 0.29) is 17.9 Å². The molecule has 1 saturated heterocycles. The van der Waals surface area contributed by atoms with Crippen LogP contribution in [0.4, 0.5) is 4.79 Å². The first kappa shape index (κ1) is 28.0. The van der Waals surface area contributed by atoms with E-state index in [2.05, 4.69) is 13.8 Å². The zero-order chi connectivity index (χ0) is 22.7. The Morgan fingerprint density at radius 3 is 1.61 bits per heavy atom. The quantitative estimate of drug-likeness (QED) is 0.180. The summed E-state index contributed by atoms with van der Waals surface area (Å²) in [6.45, 7) is 6.88. The summed E-state index contributed by atoms with van der Waals surface area (Å²) in [5.74, 6) is 0.0109. The van der Waals surface area contributed by atoms with Crippen LogP contribution < -0.4 is 0 Å². The molecule has 0 aromatic heterocycles. The lowest BCUT2D eigenvalue weighted by atomic mass is 9.92. The van der Waals surface area contributed by atoms with Crippen LogP contribution >= 0.6 is 0 Å². The lowest BCUT2D eigenvalue weighted by Crippen LogP contribution is -2.42. The van der Waals surface area contributed by atoms with Crippen molar-refractivity contribution in [1.82, 2.24) is 4.90 Å². The molecule has 1 aliphatic rings. The first-order chi connectivity index (χ1) is 15.2. The third kappa shape index (κ3) is 11.9. The molecule has 4 nitrogen and oxygen atoms in total. The fourth-order valence-corrected chi connectivity index (χ4v) is 4.67. The summed E-state index contributed by atoms with van der Waals surface area (Å²) < 4.78 is 5.18. The van der Waals surface area contributed by atoms with Crippen molar-refractivity contribution in [3.63, 3.8) is 0 Å².